The molecule has 0 fully saturated rings. The predicted molar refractivity (Wildman–Crippen MR) is 26.7 cm³/mol. The molecule has 0 aromatic carbocycles. The van der Waals surface area contributed by atoms with Crippen LogP contribution in [0.25, 0.3) is 0 Å². The lowest BCUT2D eigenvalue weighted by molar-refractivity contribution is 0.143. The van der Waals surface area contributed by atoms with Crippen molar-refractivity contribution in [3.05, 3.63) is 0 Å². The van der Waals surface area contributed by atoms with Crippen molar-refractivity contribution in [2.75, 3.05) is 7.11 Å². The average molecular weight is 99.1 g/mol. The Morgan fingerprint density at radius 2 is 2.43 bits per heavy atom. The minimum atomic E-state index is -0.208. The molecule has 2 heteroatoms. The van der Waals surface area contributed by atoms with Crippen molar-refractivity contribution in [3.8, 4) is 6.07 Å². The first kappa shape index (κ1) is 6.45. The third-order valence-corrected chi connectivity index (χ3v) is 0.799. The summed E-state index contributed by atoms with van der Waals surface area (Å²) in [5.41, 5.74) is 0. The van der Waals surface area contributed by atoms with Crippen molar-refractivity contribution in [1.82, 2.24) is 0 Å². The van der Waals surface area contributed by atoms with E-state index in [1.165, 1.54) is 7.11 Å². The van der Waals surface area contributed by atoms with Crippen LogP contribution in [0.2, 0.25) is 0 Å². The molecular formula is C5H9NO. The summed E-state index contributed by atoms with van der Waals surface area (Å²) in [4.78, 5) is 0. The first-order valence-electron chi connectivity index (χ1n) is 2.27. The van der Waals surface area contributed by atoms with Gasteiger partial charge in [0.25, 0.3) is 0 Å². The van der Waals surface area contributed by atoms with Crippen molar-refractivity contribution in [2.45, 2.75) is 19.4 Å². The maximum Gasteiger partial charge on any atom is 0.143 e. The molecule has 1 atom stereocenters. The Balaban J connectivity index is 3.23. The van der Waals surface area contributed by atoms with E-state index in [1.807, 2.05) is 13.0 Å². The summed E-state index contributed by atoms with van der Waals surface area (Å²) in [6.45, 7) is 1.91. The molecular weight excluding hydrogens is 90.1 g/mol. The van der Waals surface area contributed by atoms with Crippen molar-refractivity contribution in [2.24, 2.45) is 0 Å². The van der Waals surface area contributed by atoms with E-state index < -0.39 is 0 Å². The Morgan fingerprint density at radius 3 is 2.43 bits per heavy atom. The van der Waals surface area contributed by atoms with E-state index in [4.69, 9.17) is 5.26 Å². The summed E-state index contributed by atoms with van der Waals surface area (Å²) < 4.78 is 4.69. The first-order valence-corrected chi connectivity index (χ1v) is 2.27. The Morgan fingerprint density at radius 1 is 1.86 bits per heavy atom. The van der Waals surface area contributed by atoms with Crippen LogP contribution in [-0.2, 0) is 4.74 Å². The molecule has 0 heterocycles. The highest BCUT2D eigenvalue weighted by molar-refractivity contribution is 4.81. The van der Waals surface area contributed by atoms with Gasteiger partial charge in [-0.1, -0.05) is 6.92 Å². The van der Waals surface area contributed by atoms with Crippen molar-refractivity contribution in [1.29, 1.82) is 5.26 Å². The van der Waals surface area contributed by atoms with E-state index in [2.05, 4.69) is 4.74 Å². The Hall–Kier alpha value is -0.550. The second kappa shape index (κ2) is 3.63. The normalized spacial score (nSPS) is 12.7. The van der Waals surface area contributed by atoms with Crippen LogP contribution in [-0.4, -0.2) is 13.2 Å². The minimum absolute atomic E-state index is 0.208. The summed E-state index contributed by atoms with van der Waals surface area (Å²) >= 11 is 0. The van der Waals surface area contributed by atoms with E-state index in [0.29, 0.717) is 0 Å². The molecule has 0 rings (SSSR count). The van der Waals surface area contributed by atoms with Gasteiger partial charge in [0.15, 0.2) is 0 Å². The van der Waals surface area contributed by atoms with E-state index >= 15 is 0 Å². The number of hydrogen-bond donors (Lipinski definition) is 0. The van der Waals surface area contributed by atoms with Crippen molar-refractivity contribution < 1.29 is 4.74 Å². The SMILES string of the molecule is CCC(C#N)OC. The number of nitrogens with zero attached hydrogens (tertiary/aromatic N) is 1. The largest absolute Gasteiger partial charge is 0.367 e. The Kier molecular flexibility index (Phi) is 3.35. The Bertz CT molecular complexity index is 70.6. The third-order valence-electron chi connectivity index (χ3n) is 0.799. The highest BCUT2D eigenvalue weighted by Crippen LogP contribution is 1.90. The van der Waals surface area contributed by atoms with Crippen LogP contribution in [0.5, 0.6) is 0 Å². The monoisotopic (exact) mass is 99.1 g/mol. The average Bonchev–Trinajstić information content (AvgIpc) is 1.72. The van der Waals surface area contributed by atoms with Gasteiger partial charge in [-0.15, -0.1) is 0 Å². The van der Waals surface area contributed by atoms with Crippen molar-refractivity contribution in [3.63, 3.8) is 0 Å². The van der Waals surface area contributed by atoms with Gasteiger partial charge in [0, 0.05) is 7.11 Å². The quantitative estimate of drug-likeness (QED) is 0.516. The van der Waals surface area contributed by atoms with Gasteiger partial charge in [-0.3, -0.25) is 0 Å². The van der Waals surface area contributed by atoms with Gasteiger partial charge in [0.1, 0.15) is 6.10 Å². The molecule has 0 aromatic heterocycles. The van der Waals surface area contributed by atoms with Crippen LogP contribution >= 0.6 is 0 Å². The van der Waals surface area contributed by atoms with E-state index in [1.54, 1.807) is 0 Å². The van der Waals surface area contributed by atoms with Gasteiger partial charge in [-0.25, -0.2) is 0 Å². The molecule has 0 spiro atoms. The first-order chi connectivity index (χ1) is 3.35. The van der Waals surface area contributed by atoms with Crippen LogP contribution < -0.4 is 0 Å². The second-order valence-corrected chi connectivity index (χ2v) is 1.26. The molecule has 0 saturated carbocycles. The number of hydrogen-bond acceptors (Lipinski definition) is 2. The molecule has 7 heavy (non-hydrogen) atoms. The van der Waals surface area contributed by atoms with E-state index in [0.717, 1.165) is 6.42 Å². The van der Waals surface area contributed by atoms with Crippen LogP contribution in [0.3, 0.4) is 0 Å². The van der Waals surface area contributed by atoms with Gasteiger partial charge in [-0.05, 0) is 6.42 Å². The standard InChI is InChI=1S/C5H9NO/c1-3-5(4-6)7-2/h5H,3H2,1-2H3. The predicted octanol–water partition coefficient (Wildman–Crippen LogP) is 0.935. The van der Waals surface area contributed by atoms with Gasteiger partial charge >= 0.3 is 0 Å². The fourth-order valence-corrected chi connectivity index (χ4v) is 0.311. The van der Waals surface area contributed by atoms with Gasteiger partial charge in [0.2, 0.25) is 0 Å². The van der Waals surface area contributed by atoms with E-state index in [9.17, 15) is 0 Å². The van der Waals surface area contributed by atoms with Crippen LogP contribution in [0.1, 0.15) is 13.3 Å². The molecule has 0 saturated heterocycles. The zero-order valence-corrected chi connectivity index (χ0v) is 4.64. The number of methoxy groups -OCH3 is 1. The molecule has 0 aromatic rings. The zero-order valence-electron chi connectivity index (χ0n) is 4.64. The lowest BCUT2D eigenvalue weighted by Crippen LogP contribution is -2.03. The fraction of sp³-hybridized carbons (Fsp3) is 0.800. The molecule has 1 unspecified atom stereocenters. The number of ether oxygens (including phenoxy) is 1. The lowest BCUT2D eigenvalue weighted by Gasteiger charge is -1.98. The summed E-state index contributed by atoms with van der Waals surface area (Å²) in [6.07, 6.45) is 0.562. The minimum Gasteiger partial charge on any atom is -0.367 e. The Labute approximate surface area is 43.7 Å². The maximum absolute atomic E-state index is 8.15. The molecule has 0 aliphatic carbocycles. The summed E-state index contributed by atoms with van der Waals surface area (Å²) in [6, 6.07) is 1.98. The van der Waals surface area contributed by atoms with Crippen LogP contribution in [0.15, 0.2) is 0 Å². The van der Waals surface area contributed by atoms with E-state index in [-0.39, 0.29) is 6.10 Å². The van der Waals surface area contributed by atoms with Gasteiger partial charge < -0.3 is 4.74 Å². The van der Waals surface area contributed by atoms with Crippen LogP contribution in [0, 0.1) is 11.3 Å². The van der Waals surface area contributed by atoms with Crippen LogP contribution in [0.4, 0.5) is 0 Å². The lowest BCUT2D eigenvalue weighted by atomic mass is 10.3. The molecule has 0 aliphatic rings. The molecule has 0 amide bonds. The summed E-state index contributed by atoms with van der Waals surface area (Å²) in [5, 5.41) is 8.15. The zero-order chi connectivity index (χ0) is 5.70. The van der Waals surface area contributed by atoms with Crippen molar-refractivity contribution >= 4 is 0 Å². The second-order valence-electron chi connectivity index (χ2n) is 1.26. The number of nitriles is 1. The maximum atomic E-state index is 8.15. The van der Waals surface area contributed by atoms with Gasteiger partial charge in [0.05, 0.1) is 6.07 Å². The molecule has 0 radical (unpaired) electrons. The third kappa shape index (κ3) is 2.18. The molecule has 2 nitrogen and oxygen atoms in total. The molecule has 0 N–H and O–H groups in total. The molecule has 40 valence electrons. The summed E-state index contributed by atoms with van der Waals surface area (Å²) in [7, 11) is 1.54. The fourth-order valence-electron chi connectivity index (χ4n) is 0.311. The molecule has 0 bridgehead atoms. The molecule has 0 aliphatic heterocycles. The highest BCUT2D eigenvalue weighted by atomic mass is 16.5. The number of rotatable bonds is 2. The highest BCUT2D eigenvalue weighted by Gasteiger charge is 1.96. The smallest absolute Gasteiger partial charge is 0.143 e. The van der Waals surface area contributed by atoms with Gasteiger partial charge in [-0.2, -0.15) is 5.26 Å². The summed E-state index contributed by atoms with van der Waals surface area (Å²) in [5.74, 6) is 0. The topological polar surface area (TPSA) is 33.0 Å².